The van der Waals surface area contributed by atoms with Crippen molar-refractivity contribution in [3.63, 3.8) is 0 Å². The number of amides is 1. The van der Waals surface area contributed by atoms with E-state index in [0.29, 0.717) is 31.0 Å². The molecule has 6 nitrogen and oxygen atoms in total. The number of hydrogen-bond donors (Lipinski definition) is 3. The van der Waals surface area contributed by atoms with Gasteiger partial charge in [-0.1, -0.05) is 12.1 Å². The van der Waals surface area contributed by atoms with Crippen LogP contribution in [0.25, 0.3) is 0 Å². The fraction of sp³-hybridized carbons (Fsp3) is 0.500. The predicted octanol–water partition coefficient (Wildman–Crippen LogP) is 0.0428. The van der Waals surface area contributed by atoms with Crippen LogP contribution in [-0.2, 0) is 11.3 Å². The minimum Gasteiger partial charge on any atom is -0.493 e. The van der Waals surface area contributed by atoms with Gasteiger partial charge in [-0.15, -0.1) is 0 Å². The minimum atomic E-state index is -0.447. The summed E-state index contributed by atoms with van der Waals surface area (Å²) in [5.41, 5.74) is 0.846. The Hall–Kier alpha value is -1.79. The lowest BCUT2D eigenvalue weighted by Gasteiger charge is -2.15. The second-order valence-corrected chi connectivity index (χ2v) is 4.72. The summed E-state index contributed by atoms with van der Waals surface area (Å²) >= 11 is 0. The highest BCUT2D eigenvalue weighted by Crippen LogP contribution is 2.30. The van der Waals surface area contributed by atoms with Crippen molar-refractivity contribution in [3.05, 3.63) is 23.8 Å². The third-order valence-electron chi connectivity index (χ3n) is 3.36. The van der Waals surface area contributed by atoms with Crippen molar-refractivity contribution in [2.24, 2.45) is 0 Å². The number of methoxy groups -OCH3 is 2. The number of para-hydroxylation sites is 1. The standard InChI is InChI=1S/C14H20N2O4/c1-19-12-5-3-4-9(13(12)20-2)7-16-14(18)11-6-10(17)8-15-11/h3-5,10-11,15,17H,6-8H2,1-2H3,(H,16,18)/t10-,11+/m1/s1. The molecule has 0 aliphatic carbocycles. The average molecular weight is 280 g/mol. The summed E-state index contributed by atoms with van der Waals surface area (Å²) in [5, 5.41) is 15.2. The molecule has 1 aromatic rings. The van der Waals surface area contributed by atoms with E-state index in [1.165, 1.54) is 0 Å². The second-order valence-electron chi connectivity index (χ2n) is 4.72. The fourth-order valence-electron chi connectivity index (χ4n) is 2.32. The molecule has 0 unspecified atom stereocenters. The molecule has 1 aromatic carbocycles. The van der Waals surface area contributed by atoms with Crippen molar-refractivity contribution in [1.29, 1.82) is 0 Å². The molecular formula is C14H20N2O4. The summed E-state index contributed by atoms with van der Waals surface area (Å²) in [6.07, 6.45) is -0.00161. The van der Waals surface area contributed by atoms with Crippen LogP contribution >= 0.6 is 0 Å². The Kier molecular flexibility index (Phi) is 4.81. The highest BCUT2D eigenvalue weighted by molar-refractivity contribution is 5.82. The Morgan fingerprint density at radius 1 is 1.45 bits per heavy atom. The van der Waals surface area contributed by atoms with Crippen molar-refractivity contribution in [2.45, 2.75) is 25.1 Å². The summed E-state index contributed by atoms with van der Waals surface area (Å²) in [5.74, 6) is 1.13. The molecule has 2 rings (SSSR count). The zero-order valence-electron chi connectivity index (χ0n) is 11.7. The normalized spacial score (nSPS) is 21.6. The van der Waals surface area contributed by atoms with Crippen molar-refractivity contribution in [2.75, 3.05) is 20.8 Å². The quantitative estimate of drug-likeness (QED) is 0.710. The van der Waals surface area contributed by atoms with Gasteiger partial charge in [0.1, 0.15) is 0 Å². The second kappa shape index (κ2) is 6.58. The number of carbonyl (C=O) groups is 1. The molecule has 1 fully saturated rings. The highest BCUT2D eigenvalue weighted by Gasteiger charge is 2.27. The van der Waals surface area contributed by atoms with Crippen LogP contribution in [0, 0.1) is 0 Å². The van der Waals surface area contributed by atoms with Crippen molar-refractivity contribution >= 4 is 5.91 Å². The SMILES string of the molecule is COc1cccc(CNC(=O)[C@@H]2C[C@@H](O)CN2)c1OC. The third kappa shape index (κ3) is 3.20. The van der Waals surface area contributed by atoms with Crippen LogP contribution in [0.15, 0.2) is 18.2 Å². The molecule has 1 aliphatic rings. The molecule has 6 heteroatoms. The first-order chi connectivity index (χ1) is 9.65. The van der Waals surface area contributed by atoms with E-state index in [9.17, 15) is 9.90 Å². The number of benzene rings is 1. The first kappa shape index (κ1) is 14.6. The van der Waals surface area contributed by atoms with Gasteiger partial charge in [0.15, 0.2) is 11.5 Å². The van der Waals surface area contributed by atoms with Gasteiger partial charge in [0, 0.05) is 18.7 Å². The Morgan fingerprint density at radius 3 is 2.85 bits per heavy atom. The smallest absolute Gasteiger partial charge is 0.237 e. The Morgan fingerprint density at radius 2 is 2.25 bits per heavy atom. The minimum absolute atomic E-state index is 0.119. The lowest BCUT2D eigenvalue weighted by Crippen LogP contribution is -2.40. The van der Waals surface area contributed by atoms with E-state index in [0.717, 1.165) is 5.56 Å². The van der Waals surface area contributed by atoms with E-state index in [1.807, 2.05) is 12.1 Å². The Balaban J connectivity index is 1.98. The number of aliphatic hydroxyl groups is 1. The predicted molar refractivity (Wildman–Crippen MR) is 73.8 cm³/mol. The Bertz CT molecular complexity index is 478. The van der Waals surface area contributed by atoms with E-state index >= 15 is 0 Å². The maximum absolute atomic E-state index is 12.0. The first-order valence-electron chi connectivity index (χ1n) is 6.54. The molecule has 0 spiro atoms. The van der Waals surface area contributed by atoms with Gasteiger partial charge in [-0.05, 0) is 12.5 Å². The van der Waals surface area contributed by atoms with Crippen molar-refractivity contribution in [1.82, 2.24) is 10.6 Å². The molecule has 110 valence electrons. The van der Waals surface area contributed by atoms with Gasteiger partial charge in [0.25, 0.3) is 0 Å². The molecule has 0 saturated carbocycles. The van der Waals surface area contributed by atoms with Gasteiger partial charge in [-0.3, -0.25) is 4.79 Å². The van der Waals surface area contributed by atoms with Gasteiger partial charge < -0.3 is 25.2 Å². The van der Waals surface area contributed by atoms with Gasteiger partial charge in [-0.25, -0.2) is 0 Å². The summed E-state index contributed by atoms with van der Waals surface area (Å²) in [6, 6.07) is 5.19. The molecular weight excluding hydrogens is 260 g/mol. The molecule has 3 N–H and O–H groups in total. The van der Waals surface area contributed by atoms with E-state index in [1.54, 1.807) is 20.3 Å². The fourth-order valence-corrected chi connectivity index (χ4v) is 2.32. The maximum atomic E-state index is 12.0. The summed E-state index contributed by atoms with van der Waals surface area (Å²) in [4.78, 5) is 12.0. The lowest BCUT2D eigenvalue weighted by molar-refractivity contribution is -0.123. The molecule has 1 amide bonds. The molecule has 1 saturated heterocycles. The number of hydrogen-bond acceptors (Lipinski definition) is 5. The molecule has 0 aromatic heterocycles. The van der Waals surface area contributed by atoms with Crippen LogP contribution in [-0.4, -0.2) is 43.9 Å². The number of nitrogens with one attached hydrogen (secondary N) is 2. The largest absolute Gasteiger partial charge is 0.493 e. The van der Waals surface area contributed by atoms with Gasteiger partial charge in [-0.2, -0.15) is 0 Å². The van der Waals surface area contributed by atoms with E-state index in [-0.39, 0.29) is 11.9 Å². The molecule has 0 radical (unpaired) electrons. The van der Waals surface area contributed by atoms with Crippen LogP contribution in [0.3, 0.4) is 0 Å². The maximum Gasteiger partial charge on any atom is 0.237 e. The monoisotopic (exact) mass is 280 g/mol. The van der Waals surface area contributed by atoms with E-state index in [4.69, 9.17) is 9.47 Å². The third-order valence-corrected chi connectivity index (χ3v) is 3.36. The van der Waals surface area contributed by atoms with Crippen molar-refractivity contribution < 1.29 is 19.4 Å². The topological polar surface area (TPSA) is 79.8 Å². The number of β-amino-alcohol motifs (C(OH)–C–C–N with tert-alkyl or cyclic N) is 1. The summed E-state index contributed by atoms with van der Waals surface area (Å²) in [6.45, 7) is 0.814. The van der Waals surface area contributed by atoms with Crippen LogP contribution < -0.4 is 20.1 Å². The van der Waals surface area contributed by atoms with Crippen molar-refractivity contribution in [3.8, 4) is 11.5 Å². The van der Waals surface area contributed by atoms with Crippen LogP contribution in [0.4, 0.5) is 0 Å². The Labute approximate surface area is 118 Å². The summed E-state index contributed by atoms with van der Waals surface area (Å²) < 4.78 is 10.5. The highest BCUT2D eigenvalue weighted by atomic mass is 16.5. The van der Waals surface area contributed by atoms with Crippen LogP contribution in [0.5, 0.6) is 11.5 Å². The van der Waals surface area contributed by atoms with E-state index < -0.39 is 6.10 Å². The lowest BCUT2D eigenvalue weighted by atomic mass is 10.1. The molecule has 1 aliphatic heterocycles. The summed E-state index contributed by atoms with van der Waals surface area (Å²) in [7, 11) is 3.14. The van der Waals surface area contributed by atoms with Crippen LogP contribution in [0.1, 0.15) is 12.0 Å². The molecule has 2 atom stereocenters. The number of carbonyl (C=O) groups excluding carboxylic acids is 1. The zero-order valence-corrected chi connectivity index (χ0v) is 11.7. The first-order valence-corrected chi connectivity index (χ1v) is 6.54. The van der Waals surface area contributed by atoms with Gasteiger partial charge in [0.05, 0.1) is 26.4 Å². The number of aliphatic hydroxyl groups excluding tert-OH is 1. The molecule has 0 bridgehead atoms. The molecule has 20 heavy (non-hydrogen) atoms. The van der Waals surface area contributed by atoms with Gasteiger partial charge >= 0.3 is 0 Å². The zero-order chi connectivity index (χ0) is 14.5. The average Bonchev–Trinajstić information content (AvgIpc) is 2.90. The molecule has 1 heterocycles. The van der Waals surface area contributed by atoms with Gasteiger partial charge in [0.2, 0.25) is 5.91 Å². The van der Waals surface area contributed by atoms with E-state index in [2.05, 4.69) is 10.6 Å². The number of ether oxygens (including phenoxy) is 2. The number of rotatable bonds is 5. The van der Waals surface area contributed by atoms with Crippen LogP contribution in [0.2, 0.25) is 0 Å².